The molecule has 3 nitrogen and oxygen atoms in total. The Hall–Kier alpha value is -2.00. The summed E-state index contributed by atoms with van der Waals surface area (Å²) in [6.45, 7) is 4.88. The summed E-state index contributed by atoms with van der Waals surface area (Å²) >= 11 is 6.11. The summed E-state index contributed by atoms with van der Waals surface area (Å²) in [5, 5.41) is 10.6. The number of rotatable bonds is 3. The van der Waals surface area contributed by atoms with Crippen molar-refractivity contribution in [1.82, 2.24) is 9.55 Å². The number of halogens is 1. The molecule has 3 rings (SSSR count). The molecule has 0 fully saturated rings. The molecule has 3 aromatic rings. The molecule has 0 radical (unpaired) electrons. The highest BCUT2D eigenvalue weighted by atomic mass is 35.5. The standard InChI is InChI=1S/C17H17ClN2O/c1-3-8-20-15-10-13(18)6-7-14(15)19-17(20)12-5-4-11(2)16(21)9-12/h4-7,9-10,21H,3,8H2,1-2H3. The molecular weight excluding hydrogens is 284 g/mol. The van der Waals surface area contributed by atoms with E-state index in [1.165, 1.54) is 0 Å². The first-order chi connectivity index (χ1) is 10.1. The zero-order valence-electron chi connectivity index (χ0n) is 12.1. The van der Waals surface area contributed by atoms with Gasteiger partial charge in [-0.2, -0.15) is 0 Å². The third-order valence-corrected chi connectivity index (χ3v) is 3.86. The van der Waals surface area contributed by atoms with Crippen LogP contribution in [0, 0.1) is 6.92 Å². The second-order valence-electron chi connectivity index (χ2n) is 5.22. The van der Waals surface area contributed by atoms with Gasteiger partial charge in [0.1, 0.15) is 11.6 Å². The van der Waals surface area contributed by atoms with Gasteiger partial charge in [-0.05, 0) is 43.2 Å². The molecule has 0 spiro atoms. The Balaban J connectivity index is 2.25. The largest absolute Gasteiger partial charge is 0.508 e. The van der Waals surface area contributed by atoms with Gasteiger partial charge in [0, 0.05) is 17.1 Å². The second kappa shape index (κ2) is 5.41. The molecule has 0 atom stereocenters. The number of nitrogens with zero attached hydrogens (tertiary/aromatic N) is 2. The normalized spacial score (nSPS) is 11.2. The van der Waals surface area contributed by atoms with Crippen LogP contribution in [0.4, 0.5) is 0 Å². The van der Waals surface area contributed by atoms with E-state index in [1.807, 2.05) is 37.3 Å². The van der Waals surface area contributed by atoms with Crippen LogP contribution in [0.2, 0.25) is 5.02 Å². The average Bonchev–Trinajstić information content (AvgIpc) is 2.81. The molecule has 0 bridgehead atoms. The van der Waals surface area contributed by atoms with Crippen molar-refractivity contribution < 1.29 is 5.11 Å². The van der Waals surface area contributed by atoms with Crippen molar-refractivity contribution in [2.45, 2.75) is 26.8 Å². The molecule has 1 N–H and O–H groups in total. The van der Waals surface area contributed by atoms with E-state index >= 15 is 0 Å². The van der Waals surface area contributed by atoms with Gasteiger partial charge in [0.05, 0.1) is 11.0 Å². The highest BCUT2D eigenvalue weighted by molar-refractivity contribution is 6.31. The monoisotopic (exact) mass is 300 g/mol. The zero-order valence-corrected chi connectivity index (χ0v) is 12.9. The van der Waals surface area contributed by atoms with Crippen molar-refractivity contribution >= 4 is 22.6 Å². The number of aromatic hydroxyl groups is 1. The SMILES string of the molecule is CCCn1c(-c2ccc(C)c(O)c2)nc2ccc(Cl)cc21. The summed E-state index contributed by atoms with van der Waals surface area (Å²) in [6, 6.07) is 11.4. The third-order valence-electron chi connectivity index (χ3n) is 3.62. The molecular formula is C17H17ClN2O. The second-order valence-corrected chi connectivity index (χ2v) is 5.66. The number of hydrogen-bond acceptors (Lipinski definition) is 2. The first-order valence-corrected chi connectivity index (χ1v) is 7.43. The Labute approximate surface area is 128 Å². The number of aromatic nitrogens is 2. The van der Waals surface area contributed by atoms with Crippen LogP contribution in [-0.4, -0.2) is 14.7 Å². The minimum absolute atomic E-state index is 0.292. The summed E-state index contributed by atoms with van der Waals surface area (Å²) in [6.07, 6.45) is 1.00. The van der Waals surface area contributed by atoms with Crippen LogP contribution in [-0.2, 0) is 6.54 Å². The van der Waals surface area contributed by atoms with Crippen LogP contribution < -0.4 is 0 Å². The number of benzene rings is 2. The van der Waals surface area contributed by atoms with Crippen molar-refractivity contribution in [3.05, 3.63) is 47.0 Å². The lowest BCUT2D eigenvalue weighted by atomic mass is 10.1. The van der Waals surface area contributed by atoms with Gasteiger partial charge in [-0.15, -0.1) is 0 Å². The van der Waals surface area contributed by atoms with E-state index < -0.39 is 0 Å². The number of imidazole rings is 1. The first-order valence-electron chi connectivity index (χ1n) is 7.06. The molecule has 2 aromatic carbocycles. The fourth-order valence-corrected chi connectivity index (χ4v) is 2.68. The zero-order chi connectivity index (χ0) is 15.0. The molecule has 1 heterocycles. The average molecular weight is 301 g/mol. The highest BCUT2D eigenvalue weighted by Gasteiger charge is 2.13. The van der Waals surface area contributed by atoms with Gasteiger partial charge in [0.2, 0.25) is 0 Å². The van der Waals surface area contributed by atoms with Crippen LogP contribution in [0.1, 0.15) is 18.9 Å². The van der Waals surface area contributed by atoms with Crippen LogP contribution >= 0.6 is 11.6 Å². The maximum Gasteiger partial charge on any atom is 0.141 e. The smallest absolute Gasteiger partial charge is 0.141 e. The molecule has 4 heteroatoms. The van der Waals surface area contributed by atoms with Crippen molar-refractivity contribution in [2.24, 2.45) is 0 Å². The predicted molar refractivity (Wildman–Crippen MR) is 86.9 cm³/mol. The fraction of sp³-hybridized carbons (Fsp3) is 0.235. The van der Waals surface area contributed by atoms with Gasteiger partial charge < -0.3 is 9.67 Å². The van der Waals surface area contributed by atoms with Crippen LogP contribution in [0.15, 0.2) is 36.4 Å². The molecule has 0 unspecified atom stereocenters. The van der Waals surface area contributed by atoms with Gasteiger partial charge in [-0.1, -0.05) is 30.7 Å². The van der Waals surface area contributed by atoms with Gasteiger partial charge >= 0.3 is 0 Å². The van der Waals surface area contributed by atoms with Crippen LogP contribution in [0.25, 0.3) is 22.4 Å². The lowest BCUT2D eigenvalue weighted by molar-refractivity contribution is 0.471. The Morgan fingerprint density at radius 2 is 2.00 bits per heavy atom. The predicted octanol–water partition coefficient (Wildman–Crippen LogP) is 4.78. The lowest BCUT2D eigenvalue weighted by Crippen LogP contribution is -1.99. The molecule has 0 saturated heterocycles. The van der Waals surface area contributed by atoms with Crippen molar-refractivity contribution in [3.63, 3.8) is 0 Å². The molecule has 0 aliphatic heterocycles. The van der Waals surface area contributed by atoms with Gasteiger partial charge in [-0.3, -0.25) is 0 Å². The van der Waals surface area contributed by atoms with E-state index in [2.05, 4.69) is 11.5 Å². The van der Waals surface area contributed by atoms with E-state index in [4.69, 9.17) is 16.6 Å². The first kappa shape index (κ1) is 14.0. The number of fused-ring (bicyclic) bond motifs is 1. The third kappa shape index (κ3) is 2.49. The van der Waals surface area contributed by atoms with Crippen molar-refractivity contribution in [1.29, 1.82) is 0 Å². The highest BCUT2D eigenvalue weighted by Crippen LogP contribution is 2.30. The van der Waals surface area contributed by atoms with E-state index in [-0.39, 0.29) is 0 Å². The summed E-state index contributed by atoms with van der Waals surface area (Å²) < 4.78 is 2.16. The topological polar surface area (TPSA) is 38.0 Å². The minimum atomic E-state index is 0.292. The summed E-state index contributed by atoms with van der Waals surface area (Å²) in [7, 11) is 0. The number of hydrogen-bond donors (Lipinski definition) is 1. The summed E-state index contributed by atoms with van der Waals surface area (Å²) in [5.41, 5.74) is 3.72. The van der Waals surface area contributed by atoms with Gasteiger partial charge in [0.25, 0.3) is 0 Å². The van der Waals surface area contributed by atoms with Gasteiger partial charge in [-0.25, -0.2) is 4.98 Å². The van der Waals surface area contributed by atoms with Crippen LogP contribution in [0.3, 0.4) is 0 Å². The molecule has 1 aromatic heterocycles. The minimum Gasteiger partial charge on any atom is -0.508 e. The van der Waals surface area contributed by atoms with E-state index in [1.54, 1.807) is 6.07 Å². The molecule has 108 valence electrons. The molecule has 0 aliphatic rings. The Bertz CT molecular complexity index is 808. The van der Waals surface area contributed by atoms with Crippen LogP contribution in [0.5, 0.6) is 5.75 Å². The van der Waals surface area contributed by atoms with Gasteiger partial charge in [0.15, 0.2) is 0 Å². The Morgan fingerprint density at radius 1 is 1.19 bits per heavy atom. The quantitative estimate of drug-likeness (QED) is 0.756. The maximum absolute atomic E-state index is 9.94. The number of aryl methyl sites for hydroxylation is 2. The molecule has 0 amide bonds. The number of phenols is 1. The summed E-state index contributed by atoms with van der Waals surface area (Å²) in [4.78, 5) is 4.71. The number of phenolic OH excluding ortho intramolecular Hbond substituents is 1. The van der Waals surface area contributed by atoms with E-state index in [9.17, 15) is 5.11 Å². The summed E-state index contributed by atoms with van der Waals surface area (Å²) in [5.74, 6) is 1.16. The van der Waals surface area contributed by atoms with E-state index in [0.717, 1.165) is 41.0 Å². The van der Waals surface area contributed by atoms with Crippen molar-refractivity contribution in [3.8, 4) is 17.1 Å². The molecule has 0 aliphatic carbocycles. The fourth-order valence-electron chi connectivity index (χ4n) is 2.51. The molecule has 0 saturated carbocycles. The Kier molecular flexibility index (Phi) is 3.60. The van der Waals surface area contributed by atoms with Crippen molar-refractivity contribution in [2.75, 3.05) is 0 Å². The lowest BCUT2D eigenvalue weighted by Gasteiger charge is -2.09. The Morgan fingerprint density at radius 3 is 2.71 bits per heavy atom. The molecule has 21 heavy (non-hydrogen) atoms. The van der Waals surface area contributed by atoms with E-state index in [0.29, 0.717) is 10.8 Å². The maximum atomic E-state index is 9.94.